The molecule has 5 atom stereocenters. The SMILES string of the molecule is CN(CCNC1CC2CC1C1CCCC21)C1CC1. The van der Waals surface area contributed by atoms with Crippen molar-refractivity contribution in [2.24, 2.45) is 23.7 Å². The number of fused-ring (bicyclic) bond motifs is 5. The highest BCUT2D eigenvalue weighted by Gasteiger charge is 2.53. The highest BCUT2D eigenvalue weighted by molar-refractivity contribution is 5.05. The lowest BCUT2D eigenvalue weighted by Crippen LogP contribution is -2.42. The van der Waals surface area contributed by atoms with Crippen molar-refractivity contribution in [3.63, 3.8) is 0 Å². The average molecular weight is 248 g/mol. The Morgan fingerprint density at radius 2 is 1.83 bits per heavy atom. The first-order valence-electron chi connectivity index (χ1n) is 8.26. The zero-order chi connectivity index (χ0) is 12.1. The van der Waals surface area contributed by atoms with Gasteiger partial charge in [-0.25, -0.2) is 0 Å². The summed E-state index contributed by atoms with van der Waals surface area (Å²) in [6.45, 7) is 2.48. The highest BCUT2D eigenvalue weighted by atomic mass is 15.2. The number of hydrogen-bond acceptors (Lipinski definition) is 2. The molecule has 0 spiro atoms. The average Bonchev–Trinajstić information content (AvgIpc) is 2.84. The Hall–Kier alpha value is -0.0800. The Morgan fingerprint density at radius 1 is 1.00 bits per heavy atom. The molecule has 2 heteroatoms. The minimum Gasteiger partial charge on any atom is -0.312 e. The largest absolute Gasteiger partial charge is 0.312 e. The van der Waals surface area contributed by atoms with Crippen LogP contribution in [0.4, 0.5) is 0 Å². The maximum Gasteiger partial charge on any atom is 0.0107 e. The molecule has 0 radical (unpaired) electrons. The normalized spacial score (nSPS) is 46.0. The van der Waals surface area contributed by atoms with Crippen LogP contribution in [0.1, 0.15) is 44.9 Å². The van der Waals surface area contributed by atoms with Gasteiger partial charge in [0.05, 0.1) is 0 Å². The van der Waals surface area contributed by atoms with E-state index in [4.69, 9.17) is 0 Å². The van der Waals surface area contributed by atoms with Crippen LogP contribution in [0.15, 0.2) is 0 Å². The molecule has 0 aromatic rings. The van der Waals surface area contributed by atoms with Crippen molar-refractivity contribution in [2.45, 2.75) is 57.0 Å². The van der Waals surface area contributed by atoms with E-state index in [0.29, 0.717) is 0 Å². The van der Waals surface area contributed by atoms with E-state index in [9.17, 15) is 0 Å². The monoisotopic (exact) mass is 248 g/mol. The molecule has 0 aliphatic heterocycles. The molecule has 0 heterocycles. The highest BCUT2D eigenvalue weighted by Crippen LogP contribution is 2.58. The molecule has 5 unspecified atom stereocenters. The third-order valence-electron chi connectivity index (χ3n) is 6.47. The van der Waals surface area contributed by atoms with E-state index >= 15 is 0 Å². The van der Waals surface area contributed by atoms with Gasteiger partial charge in [0, 0.05) is 25.2 Å². The van der Waals surface area contributed by atoms with E-state index in [-0.39, 0.29) is 0 Å². The van der Waals surface area contributed by atoms with Crippen LogP contribution in [0.5, 0.6) is 0 Å². The Kier molecular flexibility index (Phi) is 2.92. The standard InChI is InChI=1S/C16H28N2/c1-18(12-5-6-12)8-7-17-16-10-11-9-15(16)14-4-2-3-13(11)14/h11-17H,2-10H2,1H3. The van der Waals surface area contributed by atoms with E-state index in [1.54, 1.807) is 19.3 Å². The molecule has 2 bridgehead atoms. The van der Waals surface area contributed by atoms with E-state index in [2.05, 4.69) is 17.3 Å². The zero-order valence-corrected chi connectivity index (χ0v) is 11.8. The molecule has 2 nitrogen and oxygen atoms in total. The number of rotatable bonds is 5. The molecule has 4 aliphatic rings. The quantitative estimate of drug-likeness (QED) is 0.804. The molecule has 1 N–H and O–H groups in total. The van der Waals surface area contributed by atoms with Gasteiger partial charge in [0.15, 0.2) is 0 Å². The minimum atomic E-state index is 0.877. The van der Waals surface area contributed by atoms with Gasteiger partial charge in [-0.1, -0.05) is 6.42 Å². The van der Waals surface area contributed by atoms with E-state index in [0.717, 1.165) is 35.8 Å². The van der Waals surface area contributed by atoms with Gasteiger partial charge in [0.1, 0.15) is 0 Å². The van der Waals surface area contributed by atoms with Crippen molar-refractivity contribution in [1.29, 1.82) is 0 Å². The lowest BCUT2D eigenvalue weighted by Gasteiger charge is -2.32. The smallest absolute Gasteiger partial charge is 0.0107 e. The van der Waals surface area contributed by atoms with Crippen LogP contribution in [0.25, 0.3) is 0 Å². The summed E-state index contributed by atoms with van der Waals surface area (Å²) >= 11 is 0. The second kappa shape index (κ2) is 4.49. The zero-order valence-electron chi connectivity index (χ0n) is 11.8. The Labute approximate surface area is 111 Å². The number of nitrogens with one attached hydrogen (secondary N) is 1. The maximum absolute atomic E-state index is 3.90. The Balaban J connectivity index is 1.26. The summed E-state index contributed by atoms with van der Waals surface area (Å²) in [6, 6.07) is 1.80. The van der Waals surface area contributed by atoms with Gasteiger partial charge >= 0.3 is 0 Å². The van der Waals surface area contributed by atoms with Crippen LogP contribution in [-0.2, 0) is 0 Å². The van der Waals surface area contributed by atoms with E-state index in [1.165, 1.54) is 38.8 Å². The molecule has 4 rings (SSSR count). The molecule has 0 amide bonds. The lowest BCUT2D eigenvalue weighted by atomic mass is 9.79. The molecule has 4 aliphatic carbocycles. The maximum atomic E-state index is 3.90. The first kappa shape index (κ1) is 11.7. The minimum absolute atomic E-state index is 0.877. The second-order valence-electron chi connectivity index (χ2n) is 7.43. The van der Waals surface area contributed by atoms with Crippen LogP contribution >= 0.6 is 0 Å². The lowest BCUT2D eigenvalue weighted by molar-refractivity contribution is 0.203. The summed E-state index contributed by atoms with van der Waals surface area (Å²) < 4.78 is 0. The van der Waals surface area contributed by atoms with Crippen molar-refractivity contribution < 1.29 is 0 Å². The summed E-state index contributed by atoms with van der Waals surface area (Å²) in [5, 5.41) is 3.90. The van der Waals surface area contributed by atoms with Crippen LogP contribution in [0.2, 0.25) is 0 Å². The molecule has 0 saturated heterocycles. The molecule has 102 valence electrons. The van der Waals surface area contributed by atoms with Crippen LogP contribution in [0, 0.1) is 23.7 Å². The summed E-state index contributed by atoms with van der Waals surface area (Å²) in [6.07, 6.45) is 10.6. The van der Waals surface area contributed by atoms with Crippen molar-refractivity contribution >= 4 is 0 Å². The van der Waals surface area contributed by atoms with Gasteiger partial charge in [-0.15, -0.1) is 0 Å². The molecule has 0 aromatic carbocycles. The second-order valence-corrected chi connectivity index (χ2v) is 7.43. The van der Waals surface area contributed by atoms with Gasteiger partial charge in [0.2, 0.25) is 0 Å². The first-order chi connectivity index (χ1) is 8.83. The van der Waals surface area contributed by atoms with Gasteiger partial charge in [0.25, 0.3) is 0 Å². The van der Waals surface area contributed by atoms with Crippen molar-refractivity contribution in [3.8, 4) is 0 Å². The summed E-state index contributed by atoms with van der Waals surface area (Å²) in [5.74, 6) is 4.40. The van der Waals surface area contributed by atoms with Crippen molar-refractivity contribution in [3.05, 3.63) is 0 Å². The Bertz CT molecular complexity index is 312. The number of hydrogen-bond donors (Lipinski definition) is 1. The van der Waals surface area contributed by atoms with E-state index < -0.39 is 0 Å². The molecule has 18 heavy (non-hydrogen) atoms. The molecule has 4 fully saturated rings. The van der Waals surface area contributed by atoms with Crippen LogP contribution in [0.3, 0.4) is 0 Å². The van der Waals surface area contributed by atoms with Crippen molar-refractivity contribution in [1.82, 2.24) is 10.2 Å². The van der Waals surface area contributed by atoms with Gasteiger partial charge in [-0.2, -0.15) is 0 Å². The fraction of sp³-hybridized carbons (Fsp3) is 1.00. The van der Waals surface area contributed by atoms with Crippen molar-refractivity contribution in [2.75, 3.05) is 20.1 Å². The fourth-order valence-electron chi connectivity index (χ4n) is 5.43. The summed E-state index contributed by atoms with van der Waals surface area (Å²) in [7, 11) is 2.30. The predicted octanol–water partition coefficient (Wildman–Crippen LogP) is 2.49. The molecule has 4 saturated carbocycles. The molecule has 0 aromatic heterocycles. The Morgan fingerprint density at radius 3 is 2.67 bits per heavy atom. The molecular weight excluding hydrogens is 220 g/mol. The third-order valence-corrected chi connectivity index (χ3v) is 6.47. The van der Waals surface area contributed by atoms with Gasteiger partial charge < -0.3 is 10.2 Å². The molecular formula is C16H28N2. The number of likely N-dealkylation sites (N-methyl/N-ethyl adjacent to an activating group) is 1. The first-order valence-corrected chi connectivity index (χ1v) is 8.26. The number of nitrogens with zero attached hydrogens (tertiary/aromatic N) is 1. The topological polar surface area (TPSA) is 15.3 Å². The van der Waals surface area contributed by atoms with Crippen LogP contribution in [-0.4, -0.2) is 37.1 Å². The van der Waals surface area contributed by atoms with Gasteiger partial charge in [-0.05, 0) is 69.2 Å². The third kappa shape index (κ3) is 1.92. The summed E-state index contributed by atoms with van der Waals surface area (Å²) in [5.41, 5.74) is 0. The fourth-order valence-corrected chi connectivity index (χ4v) is 5.43. The van der Waals surface area contributed by atoms with Gasteiger partial charge in [-0.3, -0.25) is 0 Å². The van der Waals surface area contributed by atoms with Crippen LogP contribution < -0.4 is 5.32 Å². The summed E-state index contributed by atoms with van der Waals surface area (Å²) in [4.78, 5) is 2.55. The predicted molar refractivity (Wildman–Crippen MR) is 74.5 cm³/mol. The van der Waals surface area contributed by atoms with E-state index in [1.807, 2.05) is 0 Å².